The van der Waals surface area contributed by atoms with Crippen LogP contribution >= 0.6 is 23.6 Å². The van der Waals surface area contributed by atoms with Crippen molar-refractivity contribution in [1.29, 1.82) is 0 Å². The molecule has 1 N–H and O–H groups in total. The zero-order valence-electron chi connectivity index (χ0n) is 11.9. The van der Waals surface area contributed by atoms with Crippen LogP contribution in [0.2, 0.25) is 0 Å². The lowest BCUT2D eigenvalue weighted by atomic mass is 10.2. The second-order valence-electron chi connectivity index (χ2n) is 4.78. The molecule has 0 aliphatic heterocycles. The van der Waals surface area contributed by atoms with Crippen LogP contribution in [0.15, 0.2) is 36.5 Å². The largest absolute Gasteiger partial charge is 0.290 e. The quantitative estimate of drug-likeness (QED) is 0.732. The molecule has 2 aromatic heterocycles. The van der Waals surface area contributed by atoms with Crippen molar-refractivity contribution in [3.8, 4) is 11.4 Å². The second-order valence-corrected chi connectivity index (χ2v) is 6.32. The normalized spacial score (nSPS) is 12.5. The Bertz CT molecular complexity index is 785. The highest BCUT2D eigenvalue weighted by molar-refractivity contribution is 7.71. The Labute approximate surface area is 132 Å². The van der Waals surface area contributed by atoms with Gasteiger partial charge in [-0.2, -0.15) is 5.10 Å². The number of aromatic amines is 1. The van der Waals surface area contributed by atoms with E-state index in [-0.39, 0.29) is 6.04 Å². The highest BCUT2D eigenvalue weighted by atomic mass is 32.1. The monoisotopic (exact) mass is 316 g/mol. The van der Waals surface area contributed by atoms with E-state index in [0.717, 1.165) is 22.8 Å². The molecule has 0 saturated carbocycles. The van der Waals surface area contributed by atoms with Crippen molar-refractivity contribution in [1.82, 2.24) is 19.7 Å². The van der Waals surface area contributed by atoms with Crippen molar-refractivity contribution in [2.45, 2.75) is 26.3 Å². The summed E-state index contributed by atoms with van der Waals surface area (Å²) in [5.41, 5.74) is 1.05. The summed E-state index contributed by atoms with van der Waals surface area (Å²) in [4.78, 5) is 5.81. The Morgan fingerprint density at radius 1 is 1.33 bits per heavy atom. The van der Waals surface area contributed by atoms with E-state index >= 15 is 0 Å². The number of thiazole rings is 1. The predicted octanol–water partition coefficient (Wildman–Crippen LogP) is 4.24. The highest BCUT2D eigenvalue weighted by Gasteiger charge is 2.18. The first-order chi connectivity index (χ1) is 10.2. The molecule has 0 radical (unpaired) electrons. The summed E-state index contributed by atoms with van der Waals surface area (Å²) in [6.45, 7) is 4.25. The molecule has 3 rings (SSSR count). The molecule has 0 aliphatic carbocycles. The molecule has 0 amide bonds. The van der Waals surface area contributed by atoms with Gasteiger partial charge in [0.1, 0.15) is 5.01 Å². The second kappa shape index (κ2) is 5.91. The van der Waals surface area contributed by atoms with Gasteiger partial charge in [0, 0.05) is 16.6 Å². The molecule has 6 heteroatoms. The maximum Gasteiger partial charge on any atom is 0.196 e. The summed E-state index contributed by atoms with van der Waals surface area (Å²) in [5, 5.41) is 8.34. The van der Waals surface area contributed by atoms with Gasteiger partial charge in [-0.05, 0) is 25.6 Å². The molecular formula is C15H16N4S2. The van der Waals surface area contributed by atoms with E-state index in [2.05, 4.69) is 29.0 Å². The smallest absolute Gasteiger partial charge is 0.196 e. The van der Waals surface area contributed by atoms with E-state index in [1.165, 1.54) is 4.88 Å². The van der Waals surface area contributed by atoms with Gasteiger partial charge in [0.05, 0.1) is 6.04 Å². The van der Waals surface area contributed by atoms with Crippen LogP contribution in [0, 0.1) is 4.77 Å². The fourth-order valence-electron chi connectivity index (χ4n) is 2.24. The zero-order chi connectivity index (χ0) is 14.8. The van der Waals surface area contributed by atoms with Crippen LogP contribution in [0.3, 0.4) is 0 Å². The van der Waals surface area contributed by atoms with Crippen LogP contribution in [0.4, 0.5) is 0 Å². The third-order valence-electron chi connectivity index (χ3n) is 3.40. The van der Waals surface area contributed by atoms with Crippen LogP contribution in [0.25, 0.3) is 11.4 Å². The van der Waals surface area contributed by atoms with Crippen molar-refractivity contribution >= 4 is 23.6 Å². The first-order valence-corrected chi connectivity index (χ1v) is 8.10. The van der Waals surface area contributed by atoms with Gasteiger partial charge in [0.25, 0.3) is 0 Å². The Hall–Kier alpha value is -1.79. The van der Waals surface area contributed by atoms with Crippen LogP contribution < -0.4 is 0 Å². The maximum absolute atomic E-state index is 5.41. The Balaban J connectivity index is 2.06. The average Bonchev–Trinajstić information content (AvgIpc) is 3.14. The van der Waals surface area contributed by atoms with Gasteiger partial charge in [-0.15, -0.1) is 11.3 Å². The summed E-state index contributed by atoms with van der Waals surface area (Å²) >= 11 is 7.14. The number of aromatic nitrogens is 4. The van der Waals surface area contributed by atoms with Gasteiger partial charge in [-0.3, -0.25) is 9.67 Å². The Kier molecular flexibility index (Phi) is 3.98. The summed E-state index contributed by atoms with van der Waals surface area (Å²) in [7, 11) is 0. The molecule has 2 heterocycles. The molecule has 0 fully saturated rings. The van der Waals surface area contributed by atoms with E-state index in [9.17, 15) is 0 Å². The number of nitrogens with zero attached hydrogens (tertiary/aromatic N) is 3. The Morgan fingerprint density at radius 3 is 2.76 bits per heavy atom. The predicted molar refractivity (Wildman–Crippen MR) is 88.2 cm³/mol. The van der Waals surface area contributed by atoms with E-state index in [1.54, 1.807) is 11.3 Å². The standard InChI is InChI=1S/C15H16N4S2/c1-3-12-9-16-14(21-12)10(2)19-13(17-18-15(19)20)11-7-5-4-6-8-11/h4-10H,3H2,1-2H3,(H,18,20). The third kappa shape index (κ3) is 2.69. The molecule has 4 nitrogen and oxygen atoms in total. The minimum atomic E-state index is 0.0664. The molecule has 3 aromatic rings. The molecule has 0 saturated heterocycles. The van der Waals surface area contributed by atoms with Gasteiger partial charge in [-0.25, -0.2) is 4.98 Å². The van der Waals surface area contributed by atoms with E-state index in [0.29, 0.717) is 4.77 Å². The fourth-order valence-corrected chi connectivity index (χ4v) is 3.43. The van der Waals surface area contributed by atoms with Gasteiger partial charge >= 0.3 is 0 Å². The topological polar surface area (TPSA) is 46.5 Å². The molecule has 1 aromatic carbocycles. The Morgan fingerprint density at radius 2 is 2.10 bits per heavy atom. The van der Waals surface area contributed by atoms with Crippen LogP contribution in [0.5, 0.6) is 0 Å². The van der Waals surface area contributed by atoms with E-state index in [4.69, 9.17) is 12.2 Å². The number of hydrogen-bond donors (Lipinski definition) is 1. The first-order valence-electron chi connectivity index (χ1n) is 6.87. The number of aryl methyl sites for hydroxylation is 1. The minimum Gasteiger partial charge on any atom is -0.290 e. The number of H-pyrrole nitrogens is 1. The van der Waals surface area contributed by atoms with Crippen LogP contribution in [0.1, 0.15) is 29.8 Å². The van der Waals surface area contributed by atoms with Crippen molar-refractivity contribution in [2.75, 3.05) is 0 Å². The highest BCUT2D eigenvalue weighted by Crippen LogP contribution is 2.28. The molecule has 0 aliphatic rings. The SMILES string of the molecule is CCc1cnc(C(C)n2c(-c3ccccc3)n[nH]c2=S)s1. The van der Waals surface area contributed by atoms with Crippen molar-refractivity contribution in [3.63, 3.8) is 0 Å². The summed E-state index contributed by atoms with van der Waals surface area (Å²) in [6, 6.07) is 10.1. The number of nitrogens with one attached hydrogen (secondary N) is 1. The molecule has 0 bridgehead atoms. The minimum absolute atomic E-state index is 0.0664. The molecule has 21 heavy (non-hydrogen) atoms. The molecular weight excluding hydrogens is 300 g/mol. The molecule has 0 spiro atoms. The first kappa shape index (κ1) is 14.2. The van der Waals surface area contributed by atoms with Crippen LogP contribution in [-0.4, -0.2) is 19.7 Å². The summed E-state index contributed by atoms with van der Waals surface area (Å²) < 4.78 is 2.65. The van der Waals surface area contributed by atoms with E-state index in [1.807, 2.05) is 41.1 Å². The van der Waals surface area contributed by atoms with Gasteiger partial charge in [0.2, 0.25) is 0 Å². The van der Waals surface area contributed by atoms with Crippen molar-refractivity contribution < 1.29 is 0 Å². The average molecular weight is 316 g/mol. The third-order valence-corrected chi connectivity index (χ3v) is 5.00. The van der Waals surface area contributed by atoms with Gasteiger partial charge in [-0.1, -0.05) is 37.3 Å². The molecule has 1 unspecified atom stereocenters. The molecule has 108 valence electrons. The number of rotatable bonds is 4. The number of benzene rings is 1. The van der Waals surface area contributed by atoms with E-state index < -0.39 is 0 Å². The zero-order valence-corrected chi connectivity index (χ0v) is 13.5. The van der Waals surface area contributed by atoms with Crippen molar-refractivity contribution in [2.24, 2.45) is 0 Å². The fraction of sp³-hybridized carbons (Fsp3) is 0.267. The lowest BCUT2D eigenvalue weighted by molar-refractivity contribution is 0.631. The van der Waals surface area contributed by atoms with Gasteiger partial charge in [0.15, 0.2) is 10.6 Å². The van der Waals surface area contributed by atoms with Crippen molar-refractivity contribution in [3.05, 3.63) is 51.2 Å². The lowest BCUT2D eigenvalue weighted by Gasteiger charge is -2.13. The lowest BCUT2D eigenvalue weighted by Crippen LogP contribution is -2.08. The summed E-state index contributed by atoms with van der Waals surface area (Å²) in [5.74, 6) is 0.848. The molecule has 1 atom stereocenters. The number of hydrogen-bond acceptors (Lipinski definition) is 4. The summed E-state index contributed by atoms with van der Waals surface area (Å²) in [6.07, 6.45) is 2.95. The van der Waals surface area contributed by atoms with Crippen LogP contribution in [-0.2, 0) is 6.42 Å². The maximum atomic E-state index is 5.41. The van der Waals surface area contributed by atoms with Gasteiger partial charge < -0.3 is 0 Å².